The second-order valence-corrected chi connectivity index (χ2v) is 19.7. The summed E-state index contributed by atoms with van der Waals surface area (Å²) in [4.78, 5) is 13.2. The monoisotopic (exact) mass is 948 g/mol. The molecule has 1 amide bonds. The van der Waals surface area contributed by atoms with Gasteiger partial charge in [0.1, 0.15) is 48.8 Å². The van der Waals surface area contributed by atoms with Crippen LogP contribution in [0, 0.1) is 0 Å². The quantitative estimate of drug-likeness (QED) is 0.0267. The van der Waals surface area contributed by atoms with Crippen molar-refractivity contribution >= 4 is 5.91 Å². The van der Waals surface area contributed by atoms with Crippen molar-refractivity contribution in [2.24, 2.45) is 0 Å². The maximum atomic E-state index is 13.2. The van der Waals surface area contributed by atoms with E-state index in [0.29, 0.717) is 12.8 Å². The number of unbranched alkanes of at least 4 members (excludes halogenated alkanes) is 30. The van der Waals surface area contributed by atoms with Crippen LogP contribution in [0.3, 0.4) is 0 Å². The molecule has 2 aliphatic heterocycles. The number of aliphatic hydroxyl groups is 8. The molecule has 0 bridgehead atoms. The molecule has 0 aromatic carbocycles. The Kier molecular flexibility index (Phi) is 36.7. The van der Waals surface area contributed by atoms with Crippen molar-refractivity contribution in [3.8, 4) is 0 Å². The van der Waals surface area contributed by atoms with Gasteiger partial charge in [-0.3, -0.25) is 4.79 Å². The average Bonchev–Trinajstić information content (AvgIpc) is 3.31. The van der Waals surface area contributed by atoms with Gasteiger partial charge in [-0.15, -0.1) is 0 Å². The van der Waals surface area contributed by atoms with Crippen LogP contribution in [0.25, 0.3) is 0 Å². The van der Waals surface area contributed by atoms with Gasteiger partial charge in [0, 0.05) is 6.42 Å². The van der Waals surface area contributed by atoms with Crippen LogP contribution in [0.4, 0.5) is 0 Å². The van der Waals surface area contributed by atoms with E-state index in [-0.39, 0.29) is 12.5 Å². The second-order valence-electron chi connectivity index (χ2n) is 19.7. The first-order valence-electron chi connectivity index (χ1n) is 27.3. The Balaban J connectivity index is 1.68. The van der Waals surface area contributed by atoms with Gasteiger partial charge < -0.3 is 65.1 Å². The molecule has 0 spiro atoms. The summed E-state index contributed by atoms with van der Waals surface area (Å²) in [7, 11) is 0. The molecule has 0 aromatic heterocycles. The molecule has 12 atom stereocenters. The SMILES string of the molecule is CCCCCCCCCCCCCCCCCCCCCCCCCCC(=O)NC(COC1OC(CO)C(OC2OC(CO)C(O)C(O)C2O)C(O)C1O)C(O)CCCCCCCCCC. The standard InChI is InChI=1S/C52H101NO13/c1-3-5-7-9-11-13-14-15-16-17-18-19-20-21-22-23-24-25-26-27-28-30-32-34-36-44(57)53-40(41(56)35-33-31-29-12-10-8-6-4-2)39-63-51-49(62)47(60)50(43(38-55)65-51)66-52-48(61)46(59)45(58)42(37-54)64-52/h40-43,45-52,54-56,58-62H,3-39H2,1-2H3,(H,53,57). The van der Waals surface area contributed by atoms with Crippen molar-refractivity contribution in [2.75, 3.05) is 19.8 Å². The van der Waals surface area contributed by atoms with E-state index in [4.69, 9.17) is 18.9 Å². The van der Waals surface area contributed by atoms with E-state index >= 15 is 0 Å². The first-order valence-corrected chi connectivity index (χ1v) is 27.3. The largest absolute Gasteiger partial charge is 0.394 e. The highest BCUT2D eigenvalue weighted by atomic mass is 16.7. The van der Waals surface area contributed by atoms with Gasteiger partial charge >= 0.3 is 0 Å². The van der Waals surface area contributed by atoms with Gasteiger partial charge in [-0.05, 0) is 12.8 Å². The van der Waals surface area contributed by atoms with E-state index in [2.05, 4.69) is 19.2 Å². The second kappa shape index (κ2) is 39.7. The normalized spacial score (nSPS) is 26.7. The Hall–Kier alpha value is -1.01. The third-order valence-electron chi connectivity index (χ3n) is 13.8. The minimum atomic E-state index is -1.78. The summed E-state index contributed by atoms with van der Waals surface area (Å²) in [5.74, 6) is -0.205. The Bertz CT molecular complexity index is 1120. The molecule has 0 aromatic rings. The lowest BCUT2D eigenvalue weighted by Crippen LogP contribution is -2.65. The third-order valence-corrected chi connectivity index (χ3v) is 13.8. The summed E-state index contributed by atoms with van der Waals surface area (Å²) in [6.07, 6.45) is 24.3. The van der Waals surface area contributed by atoms with Gasteiger partial charge in [-0.1, -0.05) is 213 Å². The average molecular weight is 948 g/mol. The zero-order chi connectivity index (χ0) is 48.2. The molecule has 2 rings (SSSR count). The topological polar surface area (TPSA) is 228 Å². The predicted octanol–water partition coefficient (Wildman–Crippen LogP) is 7.78. The number of rotatable bonds is 43. The lowest BCUT2D eigenvalue weighted by molar-refractivity contribution is -0.359. The van der Waals surface area contributed by atoms with Crippen LogP contribution in [0.1, 0.15) is 232 Å². The predicted molar refractivity (Wildman–Crippen MR) is 259 cm³/mol. The third kappa shape index (κ3) is 26.3. The lowest BCUT2D eigenvalue weighted by atomic mass is 9.97. The number of carbonyl (C=O) groups excluding carboxylic acids is 1. The molecule has 392 valence electrons. The molecule has 9 N–H and O–H groups in total. The van der Waals surface area contributed by atoms with Crippen LogP contribution in [-0.4, -0.2) is 140 Å². The fourth-order valence-electron chi connectivity index (χ4n) is 9.36. The molecule has 2 saturated heterocycles. The number of nitrogens with one attached hydrogen (secondary N) is 1. The molecule has 0 radical (unpaired) electrons. The van der Waals surface area contributed by atoms with Gasteiger partial charge in [0.2, 0.25) is 5.91 Å². The van der Waals surface area contributed by atoms with E-state index in [1.165, 1.54) is 154 Å². The molecule has 2 heterocycles. The van der Waals surface area contributed by atoms with Crippen molar-refractivity contribution in [1.82, 2.24) is 5.32 Å². The molecule has 0 saturated carbocycles. The van der Waals surface area contributed by atoms with E-state index in [0.717, 1.165) is 51.4 Å². The van der Waals surface area contributed by atoms with Crippen molar-refractivity contribution in [2.45, 2.75) is 306 Å². The van der Waals surface area contributed by atoms with Gasteiger partial charge in [0.25, 0.3) is 0 Å². The van der Waals surface area contributed by atoms with Crippen molar-refractivity contribution in [3.63, 3.8) is 0 Å². The Morgan fingerprint density at radius 2 is 0.864 bits per heavy atom. The highest BCUT2D eigenvalue weighted by molar-refractivity contribution is 5.76. The number of carbonyl (C=O) groups is 1. The number of hydrogen-bond acceptors (Lipinski definition) is 13. The van der Waals surface area contributed by atoms with E-state index in [9.17, 15) is 45.6 Å². The highest BCUT2D eigenvalue weighted by Gasteiger charge is 2.51. The fourth-order valence-corrected chi connectivity index (χ4v) is 9.36. The summed E-state index contributed by atoms with van der Waals surface area (Å²) in [5, 5.41) is 86.7. The molecule has 2 aliphatic rings. The number of aliphatic hydroxyl groups excluding tert-OH is 8. The van der Waals surface area contributed by atoms with E-state index in [1.54, 1.807) is 0 Å². The van der Waals surface area contributed by atoms with Crippen LogP contribution >= 0.6 is 0 Å². The van der Waals surface area contributed by atoms with Gasteiger partial charge in [-0.25, -0.2) is 0 Å². The van der Waals surface area contributed by atoms with E-state index in [1.807, 2.05) is 0 Å². The number of ether oxygens (including phenoxy) is 4. The molecule has 66 heavy (non-hydrogen) atoms. The van der Waals surface area contributed by atoms with Crippen molar-refractivity contribution in [3.05, 3.63) is 0 Å². The minimum absolute atomic E-state index is 0.205. The number of hydrogen-bond donors (Lipinski definition) is 9. The van der Waals surface area contributed by atoms with Crippen molar-refractivity contribution in [1.29, 1.82) is 0 Å². The number of amides is 1. The lowest BCUT2D eigenvalue weighted by Gasteiger charge is -2.46. The maximum absolute atomic E-state index is 13.2. The first-order chi connectivity index (χ1) is 32.1. The van der Waals surface area contributed by atoms with Gasteiger partial charge in [0.15, 0.2) is 12.6 Å². The molecule has 14 heteroatoms. The zero-order valence-electron chi connectivity index (χ0n) is 41.7. The fraction of sp³-hybridized carbons (Fsp3) is 0.981. The molecule has 0 aliphatic carbocycles. The van der Waals surface area contributed by atoms with Crippen LogP contribution in [0.2, 0.25) is 0 Å². The summed E-state index contributed by atoms with van der Waals surface area (Å²) < 4.78 is 22.7. The maximum Gasteiger partial charge on any atom is 0.220 e. The summed E-state index contributed by atoms with van der Waals surface area (Å²) >= 11 is 0. The van der Waals surface area contributed by atoms with Crippen LogP contribution in [0.15, 0.2) is 0 Å². The van der Waals surface area contributed by atoms with Crippen LogP contribution < -0.4 is 5.32 Å². The Morgan fingerprint density at radius 1 is 0.485 bits per heavy atom. The highest BCUT2D eigenvalue weighted by Crippen LogP contribution is 2.30. The summed E-state index contributed by atoms with van der Waals surface area (Å²) in [5.41, 5.74) is 0. The summed E-state index contributed by atoms with van der Waals surface area (Å²) in [6, 6.07) is -0.819. The smallest absolute Gasteiger partial charge is 0.220 e. The van der Waals surface area contributed by atoms with Gasteiger partial charge in [-0.2, -0.15) is 0 Å². The van der Waals surface area contributed by atoms with Crippen molar-refractivity contribution < 1.29 is 64.6 Å². The van der Waals surface area contributed by atoms with Crippen LogP contribution in [0.5, 0.6) is 0 Å². The van der Waals surface area contributed by atoms with Crippen LogP contribution in [-0.2, 0) is 23.7 Å². The first kappa shape index (κ1) is 61.1. The Morgan fingerprint density at radius 3 is 1.29 bits per heavy atom. The summed E-state index contributed by atoms with van der Waals surface area (Å²) in [6.45, 7) is 2.83. The zero-order valence-corrected chi connectivity index (χ0v) is 41.7. The molecular formula is C52H101NO13. The molecule has 2 fully saturated rings. The van der Waals surface area contributed by atoms with E-state index < -0.39 is 86.8 Å². The molecule has 12 unspecified atom stereocenters. The van der Waals surface area contributed by atoms with Gasteiger partial charge in [0.05, 0.1) is 32.0 Å². The molecular weight excluding hydrogens is 847 g/mol. The minimum Gasteiger partial charge on any atom is -0.394 e. The Labute approximate surface area is 400 Å². The molecule has 14 nitrogen and oxygen atoms in total.